The fourth-order valence-electron chi connectivity index (χ4n) is 1.95. The van der Waals surface area contributed by atoms with Gasteiger partial charge in [0.25, 0.3) is 0 Å². The molecule has 2 rings (SSSR count). The summed E-state index contributed by atoms with van der Waals surface area (Å²) in [6.45, 7) is 0.946. The standard InChI is InChI=1S/C10H13Cl2N3/c11-9-5-8(10(12)15-14-9)13-6-7-3-1-2-4-7/h5,7H,1-4,6H2,(H,13,14). The van der Waals surface area contributed by atoms with Crippen molar-refractivity contribution < 1.29 is 0 Å². The lowest BCUT2D eigenvalue weighted by Gasteiger charge is -2.12. The topological polar surface area (TPSA) is 37.8 Å². The molecule has 0 aromatic carbocycles. The van der Waals surface area contributed by atoms with Gasteiger partial charge in [0.2, 0.25) is 0 Å². The van der Waals surface area contributed by atoms with Gasteiger partial charge in [-0.2, -0.15) is 0 Å². The minimum atomic E-state index is 0.369. The summed E-state index contributed by atoms with van der Waals surface area (Å²) in [7, 11) is 0. The van der Waals surface area contributed by atoms with E-state index in [-0.39, 0.29) is 0 Å². The van der Waals surface area contributed by atoms with E-state index in [0.717, 1.165) is 18.2 Å². The van der Waals surface area contributed by atoms with Gasteiger partial charge in [-0.15, -0.1) is 10.2 Å². The maximum atomic E-state index is 5.89. The highest BCUT2D eigenvalue weighted by Crippen LogP contribution is 2.26. The first-order chi connectivity index (χ1) is 7.25. The Morgan fingerprint density at radius 1 is 1.27 bits per heavy atom. The normalized spacial score (nSPS) is 16.9. The number of aromatic nitrogens is 2. The number of hydrogen-bond acceptors (Lipinski definition) is 3. The highest BCUT2D eigenvalue weighted by atomic mass is 35.5. The molecular formula is C10H13Cl2N3. The lowest BCUT2D eigenvalue weighted by Crippen LogP contribution is -2.11. The van der Waals surface area contributed by atoms with E-state index in [0.29, 0.717) is 10.3 Å². The van der Waals surface area contributed by atoms with E-state index in [1.54, 1.807) is 6.07 Å². The molecule has 1 aliphatic rings. The molecule has 1 fully saturated rings. The molecule has 82 valence electrons. The first-order valence-electron chi connectivity index (χ1n) is 5.18. The van der Waals surface area contributed by atoms with Crippen LogP contribution in [-0.2, 0) is 0 Å². The zero-order valence-corrected chi connectivity index (χ0v) is 9.85. The summed E-state index contributed by atoms with van der Waals surface area (Å²) in [5.74, 6) is 0.757. The second-order valence-corrected chi connectivity index (χ2v) is 4.65. The van der Waals surface area contributed by atoms with Gasteiger partial charge in [0, 0.05) is 12.6 Å². The molecule has 1 heterocycles. The fraction of sp³-hybridized carbons (Fsp3) is 0.600. The van der Waals surface area contributed by atoms with Crippen molar-refractivity contribution in [1.82, 2.24) is 10.2 Å². The quantitative estimate of drug-likeness (QED) is 0.888. The summed E-state index contributed by atoms with van der Waals surface area (Å²) in [6, 6.07) is 1.71. The lowest BCUT2D eigenvalue weighted by atomic mass is 10.1. The second-order valence-electron chi connectivity index (χ2n) is 3.90. The van der Waals surface area contributed by atoms with Crippen LogP contribution in [0.4, 0.5) is 5.69 Å². The van der Waals surface area contributed by atoms with Crippen molar-refractivity contribution in [3.8, 4) is 0 Å². The summed E-state index contributed by atoms with van der Waals surface area (Å²) in [5, 5.41) is 11.4. The average Bonchev–Trinajstić information content (AvgIpc) is 2.72. The van der Waals surface area contributed by atoms with Crippen LogP contribution in [0.5, 0.6) is 0 Å². The summed E-state index contributed by atoms with van der Waals surface area (Å²) >= 11 is 11.6. The van der Waals surface area contributed by atoms with E-state index in [2.05, 4.69) is 15.5 Å². The number of nitrogens with zero attached hydrogens (tertiary/aromatic N) is 2. The zero-order valence-electron chi connectivity index (χ0n) is 8.34. The van der Waals surface area contributed by atoms with Gasteiger partial charge in [-0.1, -0.05) is 36.0 Å². The van der Waals surface area contributed by atoms with E-state index in [4.69, 9.17) is 23.2 Å². The molecule has 3 nitrogen and oxygen atoms in total. The average molecular weight is 246 g/mol. The van der Waals surface area contributed by atoms with Crippen LogP contribution in [0.3, 0.4) is 0 Å². The predicted octanol–water partition coefficient (Wildman–Crippen LogP) is 3.39. The lowest BCUT2D eigenvalue weighted by molar-refractivity contribution is 0.579. The largest absolute Gasteiger partial charge is 0.382 e. The van der Waals surface area contributed by atoms with Crippen molar-refractivity contribution in [1.29, 1.82) is 0 Å². The maximum Gasteiger partial charge on any atom is 0.174 e. The maximum absolute atomic E-state index is 5.89. The Balaban J connectivity index is 1.94. The van der Waals surface area contributed by atoms with Crippen LogP contribution >= 0.6 is 23.2 Å². The molecule has 1 saturated carbocycles. The molecule has 0 bridgehead atoms. The number of anilines is 1. The Morgan fingerprint density at radius 3 is 2.73 bits per heavy atom. The fourth-order valence-corrected chi connectivity index (χ4v) is 2.25. The van der Waals surface area contributed by atoms with Crippen LogP contribution in [0.25, 0.3) is 0 Å². The predicted molar refractivity (Wildman–Crippen MR) is 62.5 cm³/mol. The van der Waals surface area contributed by atoms with E-state index >= 15 is 0 Å². The molecule has 1 aromatic heterocycles. The summed E-state index contributed by atoms with van der Waals surface area (Å²) in [4.78, 5) is 0. The summed E-state index contributed by atoms with van der Waals surface area (Å²) in [6.07, 6.45) is 5.29. The van der Waals surface area contributed by atoms with Gasteiger partial charge >= 0.3 is 0 Å². The third kappa shape index (κ3) is 2.95. The number of hydrogen-bond donors (Lipinski definition) is 1. The molecule has 15 heavy (non-hydrogen) atoms. The van der Waals surface area contributed by atoms with Crippen LogP contribution in [0.1, 0.15) is 25.7 Å². The molecule has 1 N–H and O–H groups in total. The van der Waals surface area contributed by atoms with Crippen molar-refractivity contribution in [2.75, 3.05) is 11.9 Å². The van der Waals surface area contributed by atoms with Crippen molar-refractivity contribution in [2.45, 2.75) is 25.7 Å². The van der Waals surface area contributed by atoms with Crippen molar-refractivity contribution in [3.63, 3.8) is 0 Å². The molecule has 0 amide bonds. The van der Waals surface area contributed by atoms with E-state index in [1.165, 1.54) is 25.7 Å². The molecule has 0 saturated heterocycles. The first kappa shape index (κ1) is 11.0. The Hall–Kier alpha value is -0.540. The number of rotatable bonds is 3. The first-order valence-corrected chi connectivity index (χ1v) is 5.94. The van der Waals surface area contributed by atoms with Crippen LogP contribution in [0.15, 0.2) is 6.07 Å². The molecule has 1 aromatic rings. The highest BCUT2D eigenvalue weighted by molar-refractivity contribution is 6.33. The zero-order chi connectivity index (χ0) is 10.7. The van der Waals surface area contributed by atoms with Crippen LogP contribution in [0.2, 0.25) is 10.3 Å². The Bertz CT molecular complexity index is 337. The Kier molecular flexibility index (Phi) is 3.65. The second kappa shape index (κ2) is 4.99. The van der Waals surface area contributed by atoms with E-state index < -0.39 is 0 Å². The van der Waals surface area contributed by atoms with Gasteiger partial charge < -0.3 is 5.32 Å². The van der Waals surface area contributed by atoms with E-state index in [1.807, 2.05) is 0 Å². The molecule has 0 atom stereocenters. The SMILES string of the molecule is Clc1cc(NCC2CCCC2)c(Cl)nn1. The van der Waals surface area contributed by atoms with Gasteiger partial charge in [0.1, 0.15) is 0 Å². The minimum Gasteiger partial charge on any atom is -0.382 e. The third-order valence-corrected chi connectivity index (χ3v) is 3.24. The molecule has 0 spiro atoms. The molecule has 5 heteroatoms. The number of nitrogens with one attached hydrogen (secondary N) is 1. The Labute approximate surface area is 99.2 Å². The molecule has 0 radical (unpaired) electrons. The smallest absolute Gasteiger partial charge is 0.174 e. The molecule has 0 aliphatic heterocycles. The van der Waals surface area contributed by atoms with Crippen molar-refractivity contribution >= 4 is 28.9 Å². The molecular weight excluding hydrogens is 233 g/mol. The van der Waals surface area contributed by atoms with Crippen LogP contribution in [0, 0.1) is 5.92 Å². The van der Waals surface area contributed by atoms with Crippen molar-refractivity contribution in [2.24, 2.45) is 5.92 Å². The van der Waals surface area contributed by atoms with Crippen LogP contribution in [-0.4, -0.2) is 16.7 Å². The number of halogens is 2. The third-order valence-electron chi connectivity index (χ3n) is 2.77. The molecule has 0 unspecified atom stereocenters. The van der Waals surface area contributed by atoms with Gasteiger partial charge in [0.15, 0.2) is 10.3 Å². The van der Waals surface area contributed by atoms with Crippen molar-refractivity contribution in [3.05, 3.63) is 16.4 Å². The summed E-state index contributed by atoms with van der Waals surface area (Å²) in [5.41, 5.74) is 0.781. The van der Waals surface area contributed by atoms with Gasteiger partial charge in [-0.05, 0) is 18.8 Å². The molecule has 1 aliphatic carbocycles. The van der Waals surface area contributed by atoms with Crippen LogP contribution < -0.4 is 5.32 Å². The summed E-state index contributed by atoms with van der Waals surface area (Å²) < 4.78 is 0. The van der Waals surface area contributed by atoms with Gasteiger partial charge in [-0.3, -0.25) is 0 Å². The van der Waals surface area contributed by atoms with Gasteiger partial charge in [-0.25, -0.2) is 0 Å². The van der Waals surface area contributed by atoms with Gasteiger partial charge in [0.05, 0.1) is 5.69 Å². The highest BCUT2D eigenvalue weighted by Gasteiger charge is 2.15. The Morgan fingerprint density at radius 2 is 2.00 bits per heavy atom. The minimum absolute atomic E-state index is 0.369. The monoisotopic (exact) mass is 245 g/mol. The van der Waals surface area contributed by atoms with E-state index in [9.17, 15) is 0 Å².